The Bertz CT molecular complexity index is 992. The molecule has 2 heterocycles. The van der Waals surface area contributed by atoms with Crippen molar-refractivity contribution in [3.63, 3.8) is 0 Å². The molecule has 7 heteroatoms. The molecule has 1 aromatic carbocycles. The predicted molar refractivity (Wildman–Crippen MR) is 167 cm³/mol. The van der Waals surface area contributed by atoms with Crippen molar-refractivity contribution >= 4 is 0 Å². The number of hydrogen-bond donors (Lipinski definition) is 4. The quantitative estimate of drug-likeness (QED) is 0.189. The smallest absolute Gasteiger partial charge is 0.229 e. The molecule has 0 saturated carbocycles. The second-order valence-corrected chi connectivity index (χ2v) is 14.2. The highest BCUT2D eigenvalue weighted by Crippen LogP contribution is 2.45. The molecule has 8 atom stereocenters. The zero-order valence-corrected chi connectivity index (χ0v) is 27.6. The van der Waals surface area contributed by atoms with Crippen molar-refractivity contribution in [2.45, 2.75) is 162 Å². The molecule has 1 fully saturated rings. The molecule has 2 aliphatic heterocycles. The molecule has 0 spiro atoms. The van der Waals surface area contributed by atoms with Gasteiger partial charge in [0.2, 0.25) is 6.29 Å². The van der Waals surface area contributed by atoms with E-state index in [9.17, 15) is 20.4 Å². The number of benzene rings is 1. The van der Waals surface area contributed by atoms with Gasteiger partial charge in [0.15, 0.2) is 0 Å². The van der Waals surface area contributed by atoms with Gasteiger partial charge in [-0.05, 0) is 87.8 Å². The number of ether oxygens (including phenoxy) is 3. The van der Waals surface area contributed by atoms with E-state index in [2.05, 4.69) is 34.6 Å². The summed E-state index contributed by atoms with van der Waals surface area (Å²) < 4.78 is 18.5. The third-order valence-corrected chi connectivity index (χ3v) is 9.92. The van der Waals surface area contributed by atoms with E-state index >= 15 is 0 Å². The van der Waals surface area contributed by atoms with Gasteiger partial charge >= 0.3 is 0 Å². The van der Waals surface area contributed by atoms with Gasteiger partial charge in [0.1, 0.15) is 41.5 Å². The van der Waals surface area contributed by atoms with Crippen LogP contribution in [0.2, 0.25) is 0 Å². The summed E-state index contributed by atoms with van der Waals surface area (Å²) in [4.78, 5) is 0. The molecule has 3 rings (SSSR count). The van der Waals surface area contributed by atoms with Crippen molar-refractivity contribution in [1.82, 2.24) is 0 Å². The van der Waals surface area contributed by atoms with Crippen LogP contribution in [0.25, 0.3) is 0 Å². The molecule has 7 nitrogen and oxygen atoms in total. The van der Waals surface area contributed by atoms with Gasteiger partial charge in [-0.15, -0.1) is 0 Å². The minimum Gasteiger partial charge on any atom is -0.487 e. The van der Waals surface area contributed by atoms with E-state index in [1.807, 2.05) is 20.8 Å². The molecule has 42 heavy (non-hydrogen) atoms. The Balaban J connectivity index is 1.55. The summed E-state index contributed by atoms with van der Waals surface area (Å²) in [7, 11) is 0. The van der Waals surface area contributed by atoms with Gasteiger partial charge in [0.05, 0.1) is 6.61 Å². The van der Waals surface area contributed by atoms with Gasteiger partial charge < -0.3 is 34.6 Å². The first kappa shape index (κ1) is 35.1. The second-order valence-electron chi connectivity index (χ2n) is 14.2. The highest BCUT2D eigenvalue weighted by atomic mass is 16.7. The number of aliphatic hydroxyl groups excluding tert-OH is 4. The van der Waals surface area contributed by atoms with Crippen LogP contribution in [0.5, 0.6) is 11.5 Å². The van der Waals surface area contributed by atoms with Crippen LogP contribution in [0.15, 0.2) is 0 Å². The van der Waals surface area contributed by atoms with Gasteiger partial charge in [-0.1, -0.05) is 72.6 Å². The summed E-state index contributed by atoms with van der Waals surface area (Å²) in [5, 5.41) is 40.4. The molecule has 0 bridgehead atoms. The van der Waals surface area contributed by atoms with Crippen LogP contribution >= 0.6 is 0 Å². The first-order valence-corrected chi connectivity index (χ1v) is 16.6. The van der Waals surface area contributed by atoms with E-state index in [0.717, 1.165) is 71.4 Å². The fraction of sp³-hybridized carbons (Fsp3) is 0.829. The number of fused-ring (bicyclic) bond motifs is 1. The SMILES string of the molecule is Cc1c(C)c2c(c(C)c1OC1O[C@H](CO)[C@@H](O)[C@H](O)[C@H]1O)CCC(C)(CCCC(C)CCCC(C)CCCC(C)C)O2. The normalized spacial score (nSPS) is 29.2. The van der Waals surface area contributed by atoms with Crippen molar-refractivity contribution in [2.24, 2.45) is 17.8 Å². The van der Waals surface area contributed by atoms with Crippen molar-refractivity contribution in [3.05, 3.63) is 22.3 Å². The Morgan fingerprint density at radius 2 is 1.40 bits per heavy atom. The molecule has 1 saturated heterocycles. The van der Waals surface area contributed by atoms with E-state index in [4.69, 9.17) is 14.2 Å². The number of rotatable bonds is 15. The van der Waals surface area contributed by atoms with Crippen LogP contribution < -0.4 is 9.47 Å². The standard InChI is InChI=1S/C35H60O7/c1-21(2)12-9-13-22(3)14-10-15-23(4)16-11-18-35(8)19-17-27-26(7)32(24(5)25(6)33(27)42-35)41-34-31(39)30(38)29(37)28(20-36)40-34/h21-23,28-31,34,36-39H,9-20H2,1-8H3/t22?,23?,28-,29-,30+,31-,34?,35?/m1/s1. The number of hydrogen-bond acceptors (Lipinski definition) is 7. The lowest BCUT2D eigenvalue weighted by atomic mass is 9.83. The summed E-state index contributed by atoms with van der Waals surface area (Å²) in [6.45, 7) is 17.2. The summed E-state index contributed by atoms with van der Waals surface area (Å²) in [5.74, 6) is 3.91. The fourth-order valence-electron chi connectivity index (χ4n) is 6.72. The molecule has 1 aromatic rings. The molecule has 4 unspecified atom stereocenters. The lowest BCUT2D eigenvalue weighted by Gasteiger charge is -2.41. The average molecular weight is 593 g/mol. The van der Waals surface area contributed by atoms with Gasteiger partial charge in [-0.2, -0.15) is 0 Å². The monoisotopic (exact) mass is 592 g/mol. The van der Waals surface area contributed by atoms with Crippen LogP contribution in [0.3, 0.4) is 0 Å². The molecular formula is C35H60O7. The maximum atomic E-state index is 10.5. The van der Waals surface area contributed by atoms with Crippen LogP contribution in [-0.4, -0.2) is 63.3 Å². The minimum absolute atomic E-state index is 0.207. The molecule has 242 valence electrons. The first-order valence-electron chi connectivity index (χ1n) is 16.6. The van der Waals surface area contributed by atoms with Crippen molar-refractivity contribution in [2.75, 3.05) is 6.61 Å². The third-order valence-electron chi connectivity index (χ3n) is 9.92. The second kappa shape index (κ2) is 15.6. The topological polar surface area (TPSA) is 109 Å². The highest BCUT2D eigenvalue weighted by Gasteiger charge is 2.45. The van der Waals surface area contributed by atoms with Crippen molar-refractivity contribution < 1.29 is 34.6 Å². The zero-order valence-electron chi connectivity index (χ0n) is 27.6. The third kappa shape index (κ3) is 8.84. The Labute approximate surface area is 255 Å². The summed E-state index contributed by atoms with van der Waals surface area (Å²) in [6, 6.07) is 0. The summed E-state index contributed by atoms with van der Waals surface area (Å²) >= 11 is 0. The van der Waals surface area contributed by atoms with E-state index in [-0.39, 0.29) is 5.60 Å². The number of aliphatic hydroxyl groups is 4. The summed E-state index contributed by atoms with van der Waals surface area (Å²) in [5.41, 5.74) is 3.71. The van der Waals surface area contributed by atoms with Crippen LogP contribution in [0.1, 0.15) is 121 Å². The van der Waals surface area contributed by atoms with E-state index in [0.29, 0.717) is 5.75 Å². The lowest BCUT2D eigenvalue weighted by molar-refractivity contribution is -0.277. The van der Waals surface area contributed by atoms with Gasteiger partial charge in [-0.3, -0.25) is 0 Å². The van der Waals surface area contributed by atoms with Crippen molar-refractivity contribution in [3.8, 4) is 11.5 Å². The highest BCUT2D eigenvalue weighted by molar-refractivity contribution is 5.59. The Kier molecular flexibility index (Phi) is 13.0. The summed E-state index contributed by atoms with van der Waals surface area (Å²) in [6.07, 6.45) is 6.72. The molecule has 0 radical (unpaired) electrons. The molecular weight excluding hydrogens is 532 g/mol. The first-order chi connectivity index (χ1) is 19.8. The molecule has 2 aliphatic rings. The molecule has 4 N–H and O–H groups in total. The minimum atomic E-state index is -1.48. The van der Waals surface area contributed by atoms with Crippen LogP contribution in [0, 0.1) is 38.5 Å². The molecule has 0 aromatic heterocycles. The van der Waals surface area contributed by atoms with E-state index in [1.54, 1.807) is 0 Å². The Morgan fingerprint density at radius 3 is 2.00 bits per heavy atom. The molecule has 0 aliphatic carbocycles. The Morgan fingerprint density at radius 1 is 0.810 bits per heavy atom. The predicted octanol–water partition coefficient (Wildman–Crippen LogP) is 6.31. The van der Waals surface area contributed by atoms with Crippen LogP contribution in [0.4, 0.5) is 0 Å². The van der Waals surface area contributed by atoms with Crippen LogP contribution in [-0.2, 0) is 11.2 Å². The lowest BCUT2D eigenvalue weighted by Crippen LogP contribution is -2.60. The Hall–Kier alpha value is -1.38. The van der Waals surface area contributed by atoms with E-state index in [1.165, 1.54) is 44.9 Å². The maximum absolute atomic E-state index is 10.5. The molecule has 0 amide bonds. The van der Waals surface area contributed by atoms with Gasteiger partial charge in [0.25, 0.3) is 0 Å². The van der Waals surface area contributed by atoms with Crippen molar-refractivity contribution in [1.29, 1.82) is 0 Å². The maximum Gasteiger partial charge on any atom is 0.229 e. The zero-order chi connectivity index (χ0) is 31.2. The largest absolute Gasteiger partial charge is 0.487 e. The fourth-order valence-corrected chi connectivity index (χ4v) is 6.72. The van der Waals surface area contributed by atoms with Gasteiger partial charge in [-0.25, -0.2) is 0 Å². The van der Waals surface area contributed by atoms with Gasteiger partial charge in [0, 0.05) is 5.56 Å². The van der Waals surface area contributed by atoms with E-state index < -0.39 is 37.3 Å². The average Bonchev–Trinajstić information content (AvgIpc) is 2.93.